The van der Waals surface area contributed by atoms with Gasteiger partial charge in [0.1, 0.15) is 0 Å². The highest BCUT2D eigenvalue weighted by Crippen LogP contribution is 2.18. The molecule has 0 bridgehead atoms. The molecule has 70 valence electrons. The van der Waals surface area contributed by atoms with Crippen molar-refractivity contribution in [3.05, 3.63) is 0 Å². The first-order valence-electron chi connectivity index (χ1n) is 4.72. The molecule has 0 radical (unpaired) electrons. The molecule has 0 aromatic carbocycles. The van der Waals surface area contributed by atoms with E-state index in [1.165, 1.54) is 12.8 Å². The van der Waals surface area contributed by atoms with Crippen molar-refractivity contribution in [2.24, 2.45) is 0 Å². The van der Waals surface area contributed by atoms with Gasteiger partial charge < -0.3 is 10.1 Å². The van der Waals surface area contributed by atoms with E-state index in [-0.39, 0.29) is 5.97 Å². The number of nitrogens with one attached hydrogen (secondary N) is 1. The first-order valence-corrected chi connectivity index (χ1v) is 4.72. The standard InChI is InChI=1S/C9H17NO2/c1-2-7-12-9(11)5-6-10-8-3-4-8/h8,10H,2-7H2,1H3. The van der Waals surface area contributed by atoms with E-state index in [0.29, 0.717) is 19.1 Å². The minimum Gasteiger partial charge on any atom is -0.466 e. The summed E-state index contributed by atoms with van der Waals surface area (Å²) in [5.41, 5.74) is 0. The highest BCUT2D eigenvalue weighted by Gasteiger charge is 2.20. The van der Waals surface area contributed by atoms with Gasteiger partial charge in [-0.2, -0.15) is 0 Å². The van der Waals surface area contributed by atoms with Crippen molar-refractivity contribution in [1.82, 2.24) is 5.32 Å². The molecule has 1 aliphatic rings. The van der Waals surface area contributed by atoms with Gasteiger partial charge in [-0.3, -0.25) is 4.79 Å². The molecule has 3 heteroatoms. The van der Waals surface area contributed by atoms with Crippen molar-refractivity contribution >= 4 is 5.97 Å². The lowest BCUT2D eigenvalue weighted by atomic mass is 10.4. The predicted molar refractivity (Wildman–Crippen MR) is 46.9 cm³/mol. The molecule has 1 saturated carbocycles. The van der Waals surface area contributed by atoms with E-state index in [4.69, 9.17) is 4.74 Å². The Bertz CT molecular complexity index is 143. The lowest BCUT2D eigenvalue weighted by molar-refractivity contribution is -0.143. The average molecular weight is 171 g/mol. The van der Waals surface area contributed by atoms with Crippen LogP contribution in [0.15, 0.2) is 0 Å². The van der Waals surface area contributed by atoms with Crippen LogP contribution in [0.2, 0.25) is 0 Å². The summed E-state index contributed by atoms with van der Waals surface area (Å²) in [4.78, 5) is 10.9. The highest BCUT2D eigenvalue weighted by atomic mass is 16.5. The molecular formula is C9H17NO2. The van der Waals surface area contributed by atoms with Crippen LogP contribution < -0.4 is 5.32 Å². The summed E-state index contributed by atoms with van der Waals surface area (Å²) < 4.78 is 4.91. The third-order valence-corrected chi connectivity index (χ3v) is 1.81. The zero-order valence-corrected chi connectivity index (χ0v) is 7.64. The summed E-state index contributed by atoms with van der Waals surface area (Å²) >= 11 is 0. The number of carbonyl (C=O) groups excluding carboxylic acids is 1. The monoisotopic (exact) mass is 171 g/mol. The highest BCUT2D eigenvalue weighted by molar-refractivity contribution is 5.69. The smallest absolute Gasteiger partial charge is 0.307 e. The van der Waals surface area contributed by atoms with Crippen LogP contribution in [0.25, 0.3) is 0 Å². The van der Waals surface area contributed by atoms with Crippen LogP contribution in [0.4, 0.5) is 0 Å². The molecule has 0 aromatic rings. The summed E-state index contributed by atoms with van der Waals surface area (Å²) in [7, 11) is 0. The van der Waals surface area contributed by atoms with E-state index in [0.717, 1.165) is 13.0 Å². The average Bonchev–Trinajstić information content (AvgIpc) is 2.84. The summed E-state index contributed by atoms with van der Waals surface area (Å²) in [6.07, 6.45) is 3.95. The van der Waals surface area contributed by atoms with Crippen LogP contribution in [0.5, 0.6) is 0 Å². The first kappa shape index (κ1) is 9.52. The lowest BCUT2D eigenvalue weighted by Crippen LogP contribution is -2.21. The zero-order valence-electron chi connectivity index (χ0n) is 7.64. The molecule has 1 aliphatic carbocycles. The van der Waals surface area contributed by atoms with Gasteiger partial charge >= 0.3 is 5.97 Å². The Hall–Kier alpha value is -0.570. The van der Waals surface area contributed by atoms with E-state index >= 15 is 0 Å². The first-order chi connectivity index (χ1) is 5.83. The third kappa shape index (κ3) is 4.34. The SMILES string of the molecule is CCCOC(=O)CCNC1CC1. The summed E-state index contributed by atoms with van der Waals surface area (Å²) in [5.74, 6) is -0.0787. The van der Waals surface area contributed by atoms with E-state index in [1.54, 1.807) is 0 Å². The van der Waals surface area contributed by atoms with E-state index in [1.807, 2.05) is 6.92 Å². The summed E-state index contributed by atoms with van der Waals surface area (Å²) in [5, 5.41) is 3.26. The number of hydrogen-bond acceptors (Lipinski definition) is 3. The maximum absolute atomic E-state index is 10.9. The van der Waals surface area contributed by atoms with Crippen molar-refractivity contribution in [1.29, 1.82) is 0 Å². The predicted octanol–water partition coefficient (Wildman–Crippen LogP) is 1.08. The molecule has 12 heavy (non-hydrogen) atoms. The third-order valence-electron chi connectivity index (χ3n) is 1.81. The summed E-state index contributed by atoms with van der Waals surface area (Å²) in [6.45, 7) is 3.32. The van der Waals surface area contributed by atoms with Crippen LogP contribution in [-0.2, 0) is 9.53 Å². The molecular weight excluding hydrogens is 154 g/mol. The second kappa shape index (κ2) is 5.14. The van der Waals surface area contributed by atoms with Gasteiger partial charge in [-0.1, -0.05) is 6.92 Å². The maximum atomic E-state index is 10.9. The fourth-order valence-corrected chi connectivity index (χ4v) is 0.954. The van der Waals surface area contributed by atoms with Crippen LogP contribution in [0.3, 0.4) is 0 Å². The van der Waals surface area contributed by atoms with Crippen molar-refractivity contribution in [3.63, 3.8) is 0 Å². The van der Waals surface area contributed by atoms with E-state index in [9.17, 15) is 4.79 Å². The maximum Gasteiger partial charge on any atom is 0.307 e. The Morgan fingerprint density at radius 3 is 2.92 bits per heavy atom. The van der Waals surface area contributed by atoms with Gasteiger partial charge in [0, 0.05) is 12.6 Å². The van der Waals surface area contributed by atoms with Gasteiger partial charge in [0.15, 0.2) is 0 Å². The quantitative estimate of drug-likeness (QED) is 0.608. The normalized spacial score (nSPS) is 16.1. The molecule has 0 heterocycles. The van der Waals surface area contributed by atoms with Crippen LogP contribution in [0, 0.1) is 0 Å². The zero-order chi connectivity index (χ0) is 8.81. The van der Waals surface area contributed by atoms with Crippen molar-refractivity contribution in [3.8, 4) is 0 Å². The Morgan fingerprint density at radius 1 is 1.58 bits per heavy atom. The number of rotatable bonds is 6. The van der Waals surface area contributed by atoms with Gasteiger partial charge in [-0.15, -0.1) is 0 Å². The molecule has 1 fully saturated rings. The van der Waals surface area contributed by atoms with Crippen LogP contribution >= 0.6 is 0 Å². The van der Waals surface area contributed by atoms with Crippen molar-refractivity contribution < 1.29 is 9.53 Å². The number of carbonyl (C=O) groups is 1. The minimum absolute atomic E-state index is 0.0787. The van der Waals surface area contributed by atoms with Crippen molar-refractivity contribution in [2.75, 3.05) is 13.2 Å². The molecule has 0 unspecified atom stereocenters. The molecule has 0 aliphatic heterocycles. The van der Waals surface area contributed by atoms with Crippen LogP contribution in [-0.4, -0.2) is 25.2 Å². The fourth-order valence-electron chi connectivity index (χ4n) is 0.954. The fraction of sp³-hybridized carbons (Fsp3) is 0.889. The Labute approximate surface area is 73.5 Å². The van der Waals surface area contributed by atoms with Gasteiger partial charge in [0.05, 0.1) is 13.0 Å². The topological polar surface area (TPSA) is 38.3 Å². The minimum atomic E-state index is -0.0787. The number of ether oxygens (including phenoxy) is 1. The van der Waals surface area contributed by atoms with E-state index in [2.05, 4.69) is 5.32 Å². The molecule has 0 amide bonds. The second-order valence-electron chi connectivity index (χ2n) is 3.20. The molecule has 1 rings (SSSR count). The van der Waals surface area contributed by atoms with Gasteiger partial charge in [-0.25, -0.2) is 0 Å². The Balaban J connectivity index is 1.86. The molecule has 0 atom stereocenters. The Kier molecular flexibility index (Phi) is 4.08. The van der Waals surface area contributed by atoms with Gasteiger partial charge in [0.2, 0.25) is 0 Å². The van der Waals surface area contributed by atoms with Crippen molar-refractivity contribution in [2.45, 2.75) is 38.6 Å². The molecule has 0 spiro atoms. The van der Waals surface area contributed by atoms with Crippen LogP contribution in [0.1, 0.15) is 32.6 Å². The van der Waals surface area contributed by atoms with Gasteiger partial charge in [-0.05, 0) is 19.3 Å². The Morgan fingerprint density at radius 2 is 2.33 bits per heavy atom. The second-order valence-corrected chi connectivity index (χ2v) is 3.20. The lowest BCUT2D eigenvalue weighted by Gasteiger charge is -2.03. The molecule has 0 aromatic heterocycles. The van der Waals surface area contributed by atoms with Gasteiger partial charge in [0.25, 0.3) is 0 Å². The largest absolute Gasteiger partial charge is 0.466 e. The molecule has 0 saturated heterocycles. The number of esters is 1. The number of hydrogen-bond donors (Lipinski definition) is 1. The van der Waals surface area contributed by atoms with E-state index < -0.39 is 0 Å². The summed E-state index contributed by atoms with van der Waals surface area (Å²) in [6, 6.07) is 0.684. The molecule has 1 N–H and O–H groups in total. The molecule has 3 nitrogen and oxygen atoms in total.